The number of likely N-dealkylation sites (tertiary alicyclic amines) is 1. The van der Waals surface area contributed by atoms with Crippen LogP contribution in [0.2, 0.25) is 0 Å². The zero-order chi connectivity index (χ0) is 10.7. The van der Waals surface area contributed by atoms with Gasteiger partial charge in [-0.3, -0.25) is 9.69 Å². The van der Waals surface area contributed by atoms with Crippen LogP contribution in [0, 0.1) is 5.92 Å². The third kappa shape index (κ3) is 2.47. The van der Waals surface area contributed by atoms with Gasteiger partial charge in [0.25, 0.3) is 0 Å². The van der Waals surface area contributed by atoms with Gasteiger partial charge >= 0.3 is 5.97 Å². The molecule has 1 rings (SSSR count). The highest BCUT2D eigenvalue weighted by molar-refractivity contribution is 5.73. The molecule has 1 aliphatic rings. The Kier molecular flexibility index (Phi) is 3.93. The molecule has 3 heteroatoms. The van der Waals surface area contributed by atoms with Gasteiger partial charge < -0.3 is 5.11 Å². The second-order valence-electron chi connectivity index (χ2n) is 4.57. The Labute approximate surface area is 86.1 Å². The van der Waals surface area contributed by atoms with Gasteiger partial charge in [0.2, 0.25) is 0 Å². The summed E-state index contributed by atoms with van der Waals surface area (Å²) in [5.74, 6) is -0.132. The van der Waals surface area contributed by atoms with Crippen molar-refractivity contribution in [3.63, 3.8) is 0 Å². The van der Waals surface area contributed by atoms with Gasteiger partial charge in [0.05, 0.1) is 0 Å². The van der Waals surface area contributed by atoms with E-state index in [4.69, 9.17) is 5.11 Å². The first-order valence-corrected chi connectivity index (χ1v) is 5.52. The van der Waals surface area contributed by atoms with Gasteiger partial charge in [0, 0.05) is 6.04 Å². The van der Waals surface area contributed by atoms with Crippen molar-refractivity contribution in [1.29, 1.82) is 0 Å². The Balaban J connectivity index is 2.67. The first kappa shape index (κ1) is 11.5. The fourth-order valence-electron chi connectivity index (χ4n) is 2.09. The summed E-state index contributed by atoms with van der Waals surface area (Å²) in [6.07, 6.45) is 3.01. The highest BCUT2D eigenvalue weighted by Gasteiger charge is 2.32. The van der Waals surface area contributed by atoms with E-state index in [0.29, 0.717) is 12.0 Å². The number of carboxylic acid groups (broad SMARTS) is 1. The first-order chi connectivity index (χ1) is 6.54. The van der Waals surface area contributed by atoms with Crippen LogP contribution in [0.4, 0.5) is 0 Å². The maximum atomic E-state index is 11.1. The van der Waals surface area contributed by atoms with Gasteiger partial charge in [-0.2, -0.15) is 0 Å². The van der Waals surface area contributed by atoms with Crippen LogP contribution in [0.15, 0.2) is 0 Å². The summed E-state index contributed by atoms with van der Waals surface area (Å²) in [5, 5.41) is 9.10. The third-order valence-electron chi connectivity index (χ3n) is 3.32. The van der Waals surface area contributed by atoms with Crippen molar-refractivity contribution in [1.82, 2.24) is 4.90 Å². The number of rotatable bonds is 3. The Hall–Kier alpha value is -0.570. The summed E-state index contributed by atoms with van der Waals surface area (Å²) in [4.78, 5) is 13.2. The number of nitrogens with zero attached hydrogens (tertiary/aromatic N) is 1. The van der Waals surface area contributed by atoms with E-state index in [1.54, 1.807) is 0 Å². The molecule has 14 heavy (non-hydrogen) atoms. The zero-order valence-electron chi connectivity index (χ0n) is 9.36. The van der Waals surface area contributed by atoms with Gasteiger partial charge in [-0.05, 0) is 32.2 Å². The number of hydrogen-bond acceptors (Lipinski definition) is 2. The molecule has 2 atom stereocenters. The van der Waals surface area contributed by atoms with Crippen LogP contribution < -0.4 is 0 Å². The summed E-state index contributed by atoms with van der Waals surface area (Å²) in [7, 11) is 0. The molecular formula is C11H21NO2. The lowest BCUT2D eigenvalue weighted by Gasteiger charge is -2.39. The molecule has 0 aromatic carbocycles. The van der Waals surface area contributed by atoms with Crippen LogP contribution in [0.25, 0.3) is 0 Å². The van der Waals surface area contributed by atoms with Crippen LogP contribution >= 0.6 is 0 Å². The van der Waals surface area contributed by atoms with E-state index in [2.05, 4.69) is 25.7 Å². The molecule has 82 valence electrons. The molecule has 2 unspecified atom stereocenters. The normalized spacial score (nSPS) is 26.4. The van der Waals surface area contributed by atoms with E-state index in [0.717, 1.165) is 25.8 Å². The maximum absolute atomic E-state index is 11.1. The van der Waals surface area contributed by atoms with E-state index in [1.165, 1.54) is 0 Å². The van der Waals surface area contributed by atoms with Crippen molar-refractivity contribution in [2.24, 2.45) is 5.92 Å². The number of carboxylic acids is 1. The predicted octanol–water partition coefficient (Wildman–Crippen LogP) is 1.97. The van der Waals surface area contributed by atoms with Gasteiger partial charge in [0.1, 0.15) is 6.04 Å². The summed E-state index contributed by atoms with van der Waals surface area (Å²) >= 11 is 0. The average Bonchev–Trinajstić information content (AvgIpc) is 2.16. The molecule has 0 radical (unpaired) electrons. The molecule has 1 aliphatic heterocycles. The summed E-state index contributed by atoms with van der Waals surface area (Å²) in [6, 6.07) is 0.123. The number of carbonyl (C=O) groups is 1. The van der Waals surface area contributed by atoms with Crippen LogP contribution in [0.1, 0.15) is 40.0 Å². The van der Waals surface area contributed by atoms with Crippen molar-refractivity contribution >= 4 is 5.97 Å². The molecule has 1 saturated heterocycles. The summed E-state index contributed by atoms with van der Waals surface area (Å²) in [6.45, 7) is 7.37. The van der Waals surface area contributed by atoms with E-state index in [9.17, 15) is 4.79 Å². The van der Waals surface area contributed by atoms with E-state index in [1.807, 2.05) is 0 Å². The average molecular weight is 199 g/mol. The lowest BCUT2D eigenvalue weighted by atomic mass is 9.96. The number of hydrogen-bond donors (Lipinski definition) is 1. The second kappa shape index (κ2) is 4.78. The monoisotopic (exact) mass is 199 g/mol. The van der Waals surface area contributed by atoms with Crippen molar-refractivity contribution in [2.75, 3.05) is 6.54 Å². The molecule has 0 aromatic rings. The minimum Gasteiger partial charge on any atom is -0.480 e. The molecule has 0 aliphatic carbocycles. The van der Waals surface area contributed by atoms with Crippen molar-refractivity contribution < 1.29 is 9.90 Å². The number of piperidine rings is 1. The minimum absolute atomic E-state index is 0.249. The standard InChI is InChI=1S/C11H21NO2/c1-8(2)9(3)12-7-5-4-6-10(12)11(13)14/h8-10H,4-7H2,1-3H3,(H,13,14). The molecule has 1 fully saturated rings. The van der Waals surface area contributed by atoms with Crippen LogP contribution in [-0.2, 0) is 4.79 Å². The first-order valence-electron chi connectivity index (χ1n) is 5.52. The largest absolute Gasteiger partial charge is 0.480 e. The van der Waals surface area contributed by atoms with E-state index >= 15 is 0 Å². The highest BCUT2D eigenvalue weighted by atomic mass is 16.4. The topological polar surface area (TPSA) is 40.5 Å². The highest BCUT2D eigenvalue weighted by Crippen LogP contribution is 2.22. The summed E-state index contributed by atoms with van der Waals surface area (Å²) < 4.78 is 0. The minimum atomic E-state index is -0.655. The quantitative estimate of drug-likeness (QED) is 0.755. The van der Waals surface area contributed by atoms with Gasteiger partial charge in [-0.1, -0.05) is 20.3 Å². The van der Waals surface area contributed by atoms with Crippen LogP contribution in [-0.4, -0.2) is 34.6 Å². The third-order valence-corrected chi connectivity index (χ3v) is 3.32. The Bertz CT molecular complexity index is 203. The van der Waals surface area contributed by atoms with Gasteiger partial charge in [0.15, 0.2) is 0 Å². The lowest BCUT2D eigenvalue weighted by Crippen LogP contribution is -2.50. The molecule has 1 N–H and O–H groups in total. The van der Waals surface area contributed by atoms with Crippen LogP contribution in [0.3, 0.4) is 0 Å². The van der Waals surface area contributed by atoms with Gasteiger partial charge in [-0.15, -0.1) is 0 Å². The Morgan fingerprint density at radius 3 is 2.50 bits per heavy atom. The molecule has 0 amide bonds. The molecule has 1 heterocycles. The van der Waals surface area contributed by atoms with Crippen molar-refractivity contribution in [3.8, 4) is 0 Å². The predicted molar refractivity (Wildman–Crippen MR) is 56.3 cm³/mol. The smallest absolute Gasteiger partial charge is 0.320 e. The molecule has 3 nitrogen and oxygen atoms in total. The van der Waals surface area contributed by atoms with Crippen molar-refractivity contribution in [2.45, 2.75) is 52.1 Å². The van der Waals surface area contributed by atoms with E-state index in [-0.39, 0.29) is 6.04 Å². The Morgan fingerprint density at radius 1 is 1.36 bits per heavy atom. The maximum Gasteiger partial charge on any atom is 0.320 e. The molecule has 0 bridgehead atoms. The fourth-order valence-corrected chi connectivity index (χ4v) is 2.09. The summed E-state index contributed by atoms with van der Waals surface area (Å²) in [5.41, 5.74) is 0. The number of aliphatic carboxylic acids is 1. The SMILES string of the molecule is CC(C)C(C)N1CCCCC1C(=O)O. The molecule has 0 aromatic heterocycles. The fraction of sp³-hybridized carbons (Fsp3) is 0.909. The molecular weight excluding hydrogens is 178 g/mol. The van der Waals surface area contributed by atoms with Gasteiger partial charge in [-0.25, -0.2) is 0 Å². The lowest BCUT2D eigenvalue weighted by molar-refractivity contribution is -0.146. The zero-order valence-corrected chi connectivity index (χ0v) is 9.36. The van der Waals surface area contributed by atoms with Crippen molar-refractivity contribution in [3.05, 3.63) is 0 Å². The molecule has 0 saturated carbocycles. The Morgan fingerprint density at radius 2 is 2.00 bits per heavy atom. The van der Waals surface area contributed by atoms with E-state index < -0.39 is 5.97 Å². The van der Waals surface area contributed by atoms with Crippen LogP contribution in [0.5, 0.6) is 0 Å². The molecule has 0 spiro atoms. The second-order valence-corrected chi connectivity index (χ2v) is 4.57.